The van der Waals surface area contributed by atoms with E-state index in [2.05, 4.69) is 5.32 Å². The molecule has 1 N–H and O–H groups in total. The van der Waals surface area contributed by atoms with Crippen molar-refractivity contribution in [2.45, 2.75) is 39.5 Å². The first kappa shape index (κ1) is 13.5. The number of nitrogens with one attached hydrogen (secondary N) is 1. The van der Waals surface area contributed by atoms with Crippen molar-refractivity contribution in [3.05, 3.63) is 0 Å². The molecule has 4 nitrogen and oxygen atoms in total. The fraction of sp³-hybridized carbons (Fsp3) is 0.857. The number of amides is 1. The van der Waals surface area contributed by atoms with E-state index in [1.807, 2.05) is 13.8 Å². The van der Waals surface area contributed by atoms with Gasteiger partial charge in [0.1, 0.15) is 5.41 Å². The average Bonchev–Trinajstić information content (AvgIpc) is 2.86. The summed E-state index contributed by atoms with van der Waals surface area (Å²) in [5.74, 6) is 0.474. The van der Waals surface area contributed by atoms with Gasteiger partial charge in [-0.15, -0.1) is 0 Å². The molecule has 0 heterocycles. The largest absolute Gasteiger partial charge is 0.385 e. The Hall–Kier alpha value is -0.900. The summed E-state index contributed by atoms with van der Waals surface area (Å²) in [6.07, 6.45) is 3.27. The second-order valence-corrected chi connectivity index (χ2v) is 6.17. The molecule has 0 aromatic heterocycles. The molecule has 1 amide bonds. The highest BCUT2D eigenvalue weighted by atomic mass is 16.5. The Balaban J connectivity index is 2.00. The number of carbonyl (C=O) groups excluding carboxylic acids is 2. The van der Waals surface area contributed by atoms with Gasteiger partial charge in [-0.25, -0.2) is 0 Å². The summed E-state index contributed by atoms with van der Waals surface area (Å²) in [6.45, 7) is 5.19. The van der Waals surface area contributed by atoms with Crippen LogP contribution in [0.1, 0.15) is 39.5 Å². The van der Waals surface area contributed by atoms with Crippen LogP contribution in [-0.2, 0) is 14.3 Å². The lowest BCUT2D eigenvalue weighted by Crippen LogP contribution is -2.47. The first-order chi connectivity index (χ1) is 8.45. The summed E-state index contributed by atoms with van der Waals surface area (Å²) in [7, 11) is 1.64. The predicted molar refractivity (Wildman–Crippen MR) is 68.1 cm³/mol. The topological polar surface area (TPSA) is 55.4 Å². The van der Waals surface area contributed by atoms with Crippen LogP contribution in [0.5, 0.6) is 0 Å². The number of ketones is 1. The molecule has 0 aromatic carbocycles. The zero-order valence-corrected chi connectivity index (χ0v) is 11.5. The molecule has 0 spiro atoms. The van der Waals surface area contributed by atoms with Crippen LogP contribution in [0, 0.1) is 16.7 Å². The van der Waals surface area contributed by atoms with Crippen molar-refractivity contribution in [3.8, 4) is 0 Å². The summed E-state index contributed by atoms with van der Waals surface area (Å²) in [5.41, 5.74) is -1.04. The molecule has 0 aliphatic heterocycles. The van der Waals surface area contributed by atoms with Crippen LogP contribution in [-0.4, -0.2) is 32.0 Å². The summed E-state index contributed by atoms with van der Waals surface area (Å²) >= 11 is 0. The molecule has 0 radical (unpaired) electrons. The van der Waals surface area contributed by atoms with Gasteiger partial charge in [-0.1, -0.05) is 13.8 Å². The van der Waals surface area contributed by atoms with Crippen molar-refractivity contribution in [1.82, 2.24) is 5.32 Å². The lowest BCUT2D eigenvalue weighted by molar-refractivity contribution is -0.145. The molecule has 2 unspecified atom stereocenters. The summed E-state index contributed by atoms with van der Waals surface area (Å²) < 4.78 is 4.94. The van der Waals surface area contributed by atoms with Gasteiger partial charge in [0.25, 0.3) is 0 Å². The molecule has 2 aliphatic carbocycles. The molecule has 0 saturated heterocycles. The third-order valence-corrected chi connectivity index (χ3v) is 4.80. The first-order valence-corrected chi connectivity index (χ1v) is 6.77. The van der Waals surface area contributed by atoms with Gasteiger partial charge in [0.2, 0.25) is 5.91 Å². The Morgan fingerprint density at radius 1 is 1.50 bits per heavy atom. The van der Waals surface area contributed by atoms with Gasteiger partial charge in [0, 0.05) is 25.7 Å². The number of fused-ring (bicyclic) bond motifs is 2. The quantitative estimate of drug-likeness (QED) is 0.597. The molecule has 0 aromatic rings. The Labute approximate surface area is 108 Å². The maximum atomic E-state index is 12.5. The Kier molecular flexibility index (Phi) is 3.49. The Morgan fingerprint density at radius 3 is 2.78 bits per heavy atom. The average molecular weight is 253 g/mol. The molecule has 2 rings (SSSR count). The highest BCUT2D eigenvalue weighted by Crippen LogP contribution is 2.60. The lowest BCUT2D eigenvalue weighted by Gasteiger charge is -2.32. The van der Waals surface area contributed by atoms with Crippen LogP contribution < -0.4 is 5.32 Å². The van der Waals surface area contributed by atoms with Gasteiger partial charge in [0.05, 0.1) is 0 Å². The van der Waals surface area contributed by atoms with Crippen LogP contribution in [0.2, 0.25) is 0 Å². The maximum Gasteiger partial charge on any atom is 0.233 e. The number of methoxy groups -OCH3 is 1. The summed E-state index contributed by atoms with van der Waals surface area (Å²) in [5, 5.41) is 2.91. The van der Waals surface area contributed by atoms with Gasteiger partial charge >= 0.3 is 0 Å². The van der Waals surface area contributed by atoms with E-state index in [1.165, 1.54) is 0 Å². The highest BCUT2D eigenvalue weighted by molar-refractivity contribution is 6.10. The van der Waals surface area contributed by atoms with Crippen molar-refractivity contribution in [1.29, 1.82) is 0 Å². The summed E-state index contributed by atoms with van der Waals surface area (Å²) in [6, 6.07) is 0. The Bertz CT molecular complexity index is 364. The molecule has 2 aliphatic rings. The molecule has 102 valence electrons. The fourth-order valence-electron chi connectivity index (χ4n) is 3.57. The lowest BCUT2D eigenvalue weighted by atomic mass is 9.70. The van der Waals surface area contributed by atoms with E-state index in [1.54, 1.807) is 7.11 Å². The van der Waals surface area contributed by atoms with Crippen molar-refractivity contribution in [2.24, 2.45) is 16.7 Å². The minimum atomic E-state index is -0.721. The van der Waals surface area contributed by atoms with Crippen molar-refractivity contribution >= 4 is 11.7 Å². The second kappa shape index (κ2) is 4.65. The van der Waals surface area contributed by atoms with Crippen LogP contribution in [0.3, 0.4) is 0 Å². The minimum Gasteiger partial charge on any atom is -0.385 e. The van der Waals surface area contributed by atoms with E-state index in [9.17, 15) is 9.59 Å². The van der Waals surface area contributed by atoms with Gasteiger partial charge in [0.15, 0.2) is 5.78 Å². The van der Waals surface area contributed by atoms with Gasteiger partial charge < -0.3 is 10.1 Å². The van der Waals surface area contributed by atoms with Crippen molar-refractivity contribution in [3.63, 3.8) is 0 Å². The molecule has 2 saturated carbocycles. The van der Waals surface area contributed by atoms with Crippen LogP contribution >= 0.6 is 0 Å². The third kappa shape index (κ3) is 1.87. The van der Waals surface area contributed by atoms with Gasteiger partial charge in [-0.3, -0.25) is 9.59 Å². The van der Waals surface area contributed by atoms with Crippen LogP contribution in [0.4, 0.5) is 0 Å². The standard InChI is InChI=1S/C14H23NO3/c1-13(2)10-5-6-14(9-10,11(13)16)12(17)15-7-4-8-18-3/h10H,4-9H2,1-3H3,(H,15,17). The Morgan fingerprint density at radius 2 is 2.22 bits per heavy atom. The molecule has 4 heteroatoms. The van der Waals surface area contributed by atoms with E-state index in [4.69, 9.17) is 4.74 Å². The fourth-order valence-corrected chi connectivity index (χ4v) is 3.57. The van der Waals surface area contributed by atoms with Gasteiger partial charge in [-0.2, -0.15) is 0 Å². The van der Waals surface area contributed by atoms with E-state index in [-0.39, 0.29) is 17.1 Å². The molecular formula is C14H23NO3. The minimum absolute atomic E-state index is 0.0586. The first-order valence-electron chi connectivity index (χ1n) is 6.77. The predicted octanol–water partition coefficient (Wildman–Crippen LogP) is 1.53. The van der Waals surface area contributed by atoms with Gasteiger partial charge in [-0.05, 0) is 31.6 Å². The number of rotatable bonds is 5. The molecule has 2 fully saturated rings. The highest BCUT2D eigenvalue weighted by Gasteiger charge is 2.64. The third-order valence-electron chi connectivity index (χ3n) is 4.80. The smallest absolute Gasteiger partial charge is 0.233 e. The molecule has 18 heavy (non-hydrogen) atoms. The van der Waals surface area contributed by atoms with E-state index in [0.717, 1.165) is 25.7 Å². The monoisotopic (exact) mass is 253 g/mol. The van der Waals surface area contributed by atoms with Crippen molar-refractivity contribution in [2.75, 3.05) is 20.3 Å². The maximum absolute atomic E-state index is 12.5. The normalized spacial score (nSPS) is 32.8. The SMILES string of the molecule is COCCCNC(=O)C12CCC(C1)C(C)(C)C2=O. The molecule has 2 bridgehead atoms. The summed E-state index contributed by atoms with van der Waals surface area (Å²) in [4.78, 5) is 24.8. The number of Topliss-reactive ketones (excluding diaryl/α,β-unsaturated/α-hetero) is 1. The van der Waals surface area contributed by atoms with E-state index < -0.39 is 5.41 Å². The van der Waals surface area contributed by atoms with E-state index >= 15 is 0 Å². The van der Waals surface area contributed by atoms with E-state index in [0.29, 0.717) is 19.1 Å². The number of hydrogen-bond donors (Lipinski definition) is 1. The molecular weight excluding hydrogens is 230 g/mol. The molecule has 2 atom stereocenters. The number of ether oxygens (including phenoxy) is 1. The van der Waals surface area contributed by atoms with Crippen LogP contribution in [0.25, 0.3) is 0 Å². The second-order valence-electron chi connectivity index (χ2n) is 6.17. The zero-order chi connectivity index (χ0) is 13.4. The van der Waals surface area contributed by atoms with Crippen molar-refractivity contribution < 1.29 is 14.3 Å². The number of hydrogen-bond acceptors (Lipinski definition) is 3. The van der Waals surface area contributed by atoms with Crippen LogP contribution in [0.15, 0.2) is 0 Å². The number of carbonyl (C=O) groups is 2. The zero-order valence-electron chi connectivity index (χ0n) is 11.5.